The van der Waals surface area contributed by atoms with Gasteiger partial charge in [-0.2, -0.15) is 0 Å². The highest BCUT2D eigenvalue weighted by Crippen LogP contribution is 2.47. The number of nitrogens with two attached hydrogens (primary N) is 1. The van der Waals surface area contributed by atoms with Gasteiger partial charge >= 0.3 is 0 Å². The Bertz CT molecular complexity index is 728. The molecule has 1 aliphatic rings. The molecule has 0 fully saturated rings. The predicted octanol–water partition coefficient (Wildman–Crippen LogP) is 1.70. The van der Waals surface area contributed by atoms with Crippen LogP contribution in [0.2, 0.25) is 0 Å². The molecule has 0 aromatic heterocycles. The molecule has 2 aromatic rings. The summed E-state index contributed by atoms with van der Waals surface area (Å²) in [6, 6.07) is 2.59. The van der Waals surface area contributed by atoms with Gasteiger partial charge in [0.1, 0.15) is 17.2 Å². The van der Waals surface area contributed by atoms with Crippen LogP contribution >= 0.6 is 0 Å². The largest absolute Gasteiger partial charge is 0.507 e. The average molecular weight is 273 g/mol. The van der Waals surface area contributed by atoms with E-state index in [0.29, 0.717) is 0 Å². The molecule has 3 rings (SSSR count). The standard InChI is InChI=1S/C14H11NO5/c15-5-1-2-6(16)10-9(5)13(19)11-7(17)3-4-8(18)12(11)14(10)20/h1-2,16,19-20H,3-4,15H2. The summed E-state index contributed by atoms with van der Waals surface area (Å²) in [6.07, 6.45) is -0.0590. The average Bonchev–Trinajstić information content (AvgIpc) is 2.41. The van der Waals surface area contributed by atoms with E-state index in [1.54, 1.807) is 0 Å². The third kappa shape index (κ3) is 1.38. The maximum absolute atomic E-state index is 11.9. The maximum atomic E-state index is 11.9. The van der Waals surface area contributed by atoms with Crippen LogP contribution in [0.25, 0.3) is 10.8 Å². The minimum absolute atomic E-state index is 0.0238. The number of aromatic hydroxyl groups is 3. The molecule has 0 spiro atoms. The highest BCUT2D eigenvalue weighted by Gasteiger charge is 2.33. The number of hydrogen-bond acceptors (Lipinski definition) is 6. The normalized spacial score (nSPS) is 14.6. The molecular formula is C14H11NO5. The summed E-state index contributed by atoms with van der Waals surface area (Å²) >= 11 is 0. The zero-order valence-electron chi connectivity index (χ0n) is 10.3. The van der Waals surface area contributed by atoms with Gasteiger partial charge in [-0.1, -0.05) is 0 Å². The molecule has 0 saturated carbocycles. The van der Waals surface area contributed by atoms with Crippen molar-refractivity contribution in [2.75, 3.05) is 5.73 Å². The van der Waals surface area contributed by atoms with Crippen molar-refractivity contribution < 1.29 is 24.9 Å². The minimum atomic E-state index is -0.518. The molecule has 0 saturated heterocycles. The number of carbonyl (C=O) groups excluding carboxylic acids is 2. The van der Waals surface area contributed by atoms with Gasteiger partial charge in [0.25, 0.3) is 0 Å². The fourth-order valence-electron chi connectivity index (χ4n) is 2.61. The van der Waals surface area contributed by atoms with Crippen molar-refractivity contribution in [3.8, 4) is 17.2 Å². The van der Waals surface area contributed by atoms with Crippen LogP contribution in [0.1, 0.15) is 33.6 Å². The molecule has 6 heteroatoms. The van der Waals surface area contributed by atoms with Crippen LogP contribution in [-0.4, -0.2) is 26.9 Å². The number of anilines is 1. The molecule has 0 unspecified atom stereocenters. The molecule has 0 bridgehead atoms. The summed E-state index contributed by atoms with van der Waals surface area (Å²) in [5.74, 6) is -2.20. The quantitative estimate of drug-likeness (QED) is 0.428. The number of nitrogen functional groups attached to an aromatic ring is 1. The van der Waals surface area contributed by atoms with Crippen molar-refractivity contribution in [1.82, 2.24) is 0 Å². The Morgan fingerprint density at radius 1 is 0.850 bits per heavy atom. The lowest BCUT2D eigenvalue weighted by Gasteiger charge is -2.19. The summed E-state index contributed by atoms with van der Waals surface area (Å²) in [6.45, 7) is 0. The zero-order chi connectivity index (χ0) is 14.6. The highest BCUT2D eigenvalue weighted by molar-refractivity contribution is 6.23. The highest BCUT2D eigenvalue weighted by atomic mass is 16.3. The van der Waals surface area contributed by atoms with Crippen LogP contribution in [0.5, 0.6) is 17.2 Å². The van der Waals surface area contributed by atoms with Gasteiger partial charge in [-0.3, -0.25) is 9.59 Å². The van der Waals surface area contributed by atoms with E-state index in [0.717, 1.165) is 0 Å². The van der Waals surface area contributed by atoms with Crippen LogP contribution in [0.15, 0.2) is 12.1 Å². The number of rotatable bonds is 0. The van der Waals surface area contributed by atoms with Crippen LogP contribution < -0.4 is 5.73 Å². The van der Waals surface area contributed by atoms with Crippen molar-refractivity contribution in [1.29, 1.82) is 0 Å². The molecule has 0 heterocycles. The van der Waals surface area contributed by atoms with Gasteiger partial charge in [-0.25, -0.2) is 0 Å². The number of hydrogen-bond donors (Lipinski definition) is 4. The molecule has 102 valence electrons. The van der Waals surface area contributed by atoms with Crippen LogP contribution in [0, 0.1) is 0 Å². The van der Waals surface area contributed by atoms with E-state index in [9.17, 15) is 24.9 Å². The maximum Gasteiger partial charge on any atom is 0.167 e. The Morgan fingerprint density at radius 2 is 1.35 bits per heavy atom. The molecule has 6 nitrogen and oxygen atoms in total. The lowest BCUT2D eigenvalue weighted by Crippen LogP contribution is -2.17. The van der Waals surface area contributed by atoms with Crippen molar-refractivity contribution in [2.24, 2.45) is 0 Å². The van der Waals surface area contributed by atoms with Gasteiger partial charge in [0.2, 0.25) is 0 Å². The first-order chi connectivity index (χ1) is 9.43. The summed E-state index contributed by atoms with van der Waals surface area (Å²) < 4.78 is 0. The van der Waals surface area contributed by atoms with Gasteiger partial charge in [-0.15, -0.1) is 0 Å². The summed E-state index contributed by atoms with van der Waals surface area (Å²) in [4.78, 5) is 23.8. The minimum Gasteiger partial charge on any atom is -0.507 e. The van der Waals surface area contributed by atoms with E-state index in [1.807, 2.05) is 0 Å². The molecule has 1 aliphatic carbocycles. The second-order valence-electron chi connectivity index (χ2n) is 4.72. The summed E-state index contributed by atoms with van der Waals surface area (Å²) in [7, 11) is 0. The molecule has 5 N–H and O–H groups in total. The van der Waals surface area contributed by atoms with Gasteiger partial charge in [0.15, 0.2) is 11.6 Å². The number of benzene rings is 2. The number of carbonyl (C=O) groups is 2. The Labute approximate surface area is 113 Å². The van der Waals surface area contributed by atoms with E-state index < -0.39 is 23.1 Å². The third-order valence-corrected chi connectivity index (χ3v) is 3.55. The number of phenols is 3. The van der Waals surface area contributed by atoms with Gasteiger partial charge in [0, 0.05) is 18.5 Å². The van der Waals surface area contributed by atoms with Gasteiger partial charge < -0.3 is 21.1 Å². The smallest absolute Gasteiger partial charge is 0.167 e. The van der Waals surface area contributed by atoms with E-state index in [2.05, 4.69) is 0 Å². The van der Waals surface area contributed by atoms with Crippen molar-refractivity contribution in [2.45, 2.75) is 12.8 Å². The Balaban J connectivity index is 2.61. The second kappa shape index (κ2) is 3.86. The first-order valence-electron chi connectivity index (χ1n) is 5.99. The molecule has 20 heavy (non-hydrogen) atoms. The van der Waals surface area contributed by atoms with E-state index in [4.69, 9.17) is 5.73 Å². The topological polar surface area (TPSA) is 121 Å². The number of Topliss-reactive ketones (excluding diaryl/α,β-unsaturated/α-hetero) is 2. The Morgan fingerprint density at radius 3 is 1.90 bits per heavy atom. The van der Waals surface area contributed by atoms with Crippen molar-refractivity contribution >= 4 is 28.0 Å². The lowest BCUT2D eigenvalue weighted by atomic mass is 9.85. The van der Waals surface area contributed by atoms with Crippen LogP contribution in [0.3, 0.4) is 0 Å². The van der Waals surface area contributed by atoms with E-state index in [-0.39, 0.29) is 46.2 Å². The second-order valence-corrected chi connectivity index (χ2v) is 4.72. The first kappa shape index (κ1) is 12.3. The van der Waals surface area contributed by atoms with Gasteiger partial charge in [0.05, 0.1) is 21.9 Å². The third-order valence-electron chi connectivity index (χ3n) is 3.55. The predicted molar refractivity (Wildman–Crippen MR) is 71.2 cm³/mol. The molecule has 0 radical (unpaired) electrons. The van der Waals surface area contributed by atoms with E-state index >= 15 is 0 Å². The fourth-order valence-corrected chi connectivity index (χ4v) is 2.61. The Kier molecular flexibility index (Phi) is 2.37. The van der Waals surface area contributed by atoms with Gasteiger partial charge in [-0.05, 0) is 12.1 Å². The first-order valence-corrected chi connectivity index (χ1v) is 5.99. The monoisotopic (exact) mass is 273 g/mol. The van der Waals surface area contributed by atoms with Crippen molar-refractivity contribution in [3.05, 3.63) is 23.3 Å². The summed E-state index contributed by atoms with van der Waals surface area (Å²) in [5, 5.41) is 30.1. The van der Waals surface area contributed by atoms with E-state index in [1.165, 1.54) is 12.1 Å². The fraction of sp³-hybridized carbons (Fsp3) is 0.143. The number of phenolic OH excluding ortho intramolecular Hbond substituents is 3. The SMILES string of the molecule is Nc1ccc(O)c2c(O)c3c(c(O)c12)C(=O)CCC3=O. The van der Waals surface area contributed by atoms with Crippen LogP contribution in [-0.2, 0) is 0 Å². The molecule has 0 atom stereocenters. The number of fused-ring (bicyclic) bond motifs is 2. The molecular weight excluding hydrogens is 262 g/mol. The van der Waals surface area contributed by atoms with Crippen LogP contribution in [0.4, 0.5) is 5.69 Å². The molecule has 0 amide bonds. The lowest BCUT2D eigenvalue weighted by molar-refractivity contribution is 0.0885. The van der Waals surface area contributed by atoms with Crippen molar-refractivity contribution in [3.63, 3.8) is 0 Å². The zero-order valence-corrected chi connectivity index (χ0v) is 10.3. The summed E-state index contributed by atoms with van der Waals surface area (Å²) in [5.41, 5.74) is 5.36. The molecule has 0 aliphatic heterocycles. The Hall–Kier alpha value is -2.76. The molecule has 2 aromatic carbocycles. The number of ketones is 2.